The van der Waals surface area contributed by atoms with Crippen LogP contribution in [0.5, 0.6) is 0 Å². The van der Waals surface area contributed by atoms with Crippen molar-refractivity contribution >= 4 is 0 Å². The summed E-state index contributed by atoms with van der Waals surface area (Å²) in [6.45, 7) is 10.8. The van der Waals surface area contributed by atoms with Crippen LogP contribution in [0.25, 0.3) is 0 Å². The third-order valence-electron chi connectivity index (χ3n) is 11.0. The van der Waals surface area contributed by atoms with E-state index in [4.69, 9.17) is 0 Å². The fraction of sp³-hybridized carbons (Fsp3) is 1.00. The summed E-state index contributed by atoms with van der Waals surface area (Å²) in [5, 5.41) is 43.3. The van der Waals surface area contributed by atoms with Crippen molar-refractivity contribution in [2.75, 3.05) is 0 Å². The highest BCUT2D eigenvalue weighted by molar-refractivity contribution is 5.14. The third kappa shape index (κ3) is 4.02. The molecule has 0 bridgehead atoms. The highest BCUT2D eigenvalue weighted by Gasteiger charge is 2.65. The molecule has 4 aliphatic rings. The van der Waals surface area contributed by atoms with Crippen molar-refractivity contribution in [3.63, 3.8) is 0 Å². The molecule has 0 radical (unpaired) electrons. The Bertz CT molecular complexity index is 644. The molecule has 4 nitrogen and oxygen atoms in total. The van der Waals surface area contributed by atoms with Crippen LogP contribution in [0.4, 0.5) is 0 Å². The molecular weight excluding hydrogens is 388 g/mol. The van der Waals surface area contributed by atoms with Crippen LogP contribution in [0.3, 0.4) is 0 Å². The summed E-state index contributed by atoms with van der Waals surface area (Å²) in [5.74, 6) is 2.44. The zero-order valence-corrected chi connectivity index (χ0v) is 20.6. The fourth-order valence-electron chi connectivity index (χ4n) is 9.19. The molecule has 0 spiro atoms. The Morgan fingerprint density at radius 1 is 0.968 bits per heavy atom. The van der Waals surface area contributed by atoms with Gasteiger partial charge >= 0.3 is 0 Å². The molecule has 0 aliphatic heterocycles. The summed E-state index contributed by atoms with van der Waals surface area (Å²) < 4.78 is 0. The summed E-state index contributed by atoms with van der Waals surface area (Å²) >= 11 is 0. The molecule has 4 heteroatoms. The average Bonchev–Trinajstić information content (AvgIpc) is 3.01. The smallest absolute Gasteiger partial charge is 0.0602 e. The summed E-state index contributed by atoms with van der Waals surface area (Å²) in [6.07, 6.45) is 8.73. The summed E-state index contributed by atoms with van der Waals surface area (Å²) in [7, 11) is 0. The van der Waals surface area contributed by atoms with E-state index in [1.165, 1.54) is 0 Å². The fourth-order valence-corrected chi connectivity index (χ4v) is 9.19. The van der Waals surface area contributed by atoms with Gasteiger partial charge in [0.15, 0.2) is 0 Å². The number of rotatable bonds is 5. The summed E-state index contributed by atoms with van der Waals surface area (Å²) in [6, 6.07) is 0. The van der Waals surface area contributed by atoms with Crippen LogP contribution >= 0.6 is 0 Å². The van der Waals surface area contributed by atoms with E-state index in [1.807, 2.05) is 13.8 Å². The second kappa shape index (κ2) is 8.25. The molecule has 0 heterocycles. The second-order valence-corrected chi connectivity index (χ2v) is 13.2. The molecule has 4 fully saturated rings. The Labute approximate surface area is 189 Å². The van der Waals surface area contributed by atoms with E-state index >= 15 is 0 Å². The second-order valence-electron chi connectivity index (χ2n) is 13.2. The van der Waals surface area contributed by atoms with Gasteiger partial charge in [0.25, 0.3) is 0 Å². The maximum atomic E-state index is 11.6. The van der Waals surface area contributed by atoms with E-state index in [2.05, 4.69) is 20.8 Å². The van der Waals surface area contributed by atoms with Gasteiger partial charge in [0, 0.05) is 0 Å². The first-order valence-corrected chi connectivity index (χ1v) is 13.1. The minimum atomic E-state index is -0.606. The van der Waals surface area contributed by atoms with Crippen molar-refractivity contribution < 1.29 is 20.4 Å². The molecule has 4 aliphatic carbocycles. The molecule has 4 N–H and O–H groups in total. The van der Waals surface area contributed by atoms with Gasteiger partial charge in [0.1, 0.15) is 0 Å². The van der Waals surface area contributed by atoms with Gasteiger partial charge in [0.05, 0.1) is 23.9 Å². The SMILES string of the molecule is C[C@@H](CCCC(C)(C)O)[C@@H]1CC[C@@H]2[C@H]3[C@H](O)C[C@H]4C[C@@H](O)CC[C@]4(C)[C@@H]3C[C@@H](O)[C@@]21C. The van der Waals surface area contributed by atoms with Gasteiger partial charge < -0.3 is 20.4 Å². The molecule has 0 aromatic carbocycles. The molecule has 11 atom stereocenters. The first-order valence-electron chi connectivity index (χ1n) is 13.1. The molecule has 4 saturated carbocycles. The minimum absolute atomic E-state index is 0.117. The van der Waals surface area contributed by atoms with Crippen molar-refractivity contribution in [1.82, 2.24) is 0 Å². The van der Waals surface area contributed by atoms with Gasteiger partial charge in [-0.05, 0) is 112 Å². The average molecular weight is 437 g/mol. The zero-order valence-electron chi connectivity index (χ0n) is 20.6. The minimum Gasteiger partial charge on any atom is -0.393 e. The molecule has 0 aromatic rings. The van der Waals surface area contributed by atoms with E-state index in [-0.39, 0.29) is 29.1 Å². The molecule has 31 heavy (non-hydrogen) atoms. The van der Waals surface area contributed by atoms with Gasteiger partial charge in [-0.2, -0.15) is 0 Å². The van der Waals surface area contributed by atoms with Crippen LogP contribution in [0.2, 0.25) is 0 Å². The molecular formula is C27H48O4. The highest BCUT2D eigenvalue weighted by Crippen LogP contribution is 2.68. The normalized spacial score (nSPS) is 51.0. The Balaban J connectivity index is 1.54. The monoisotopic (exact) mass is 436 g/mol. The van der Waals surface area contributed by atoms with Crippen LogP contribution in [-0.2, 0) is 0 Å². The molecule has 0 saturated heterocycles. The standard InChI is InChI=1S/C27H48O4/c1-16(7-6-11-25(2,3)31)19-8-9-20-24-21(15-23(30)27(19,20)5)26(4)12-10-18(28)13-17(26)14-22(24)29/h16-24,28-31H,6-15H2,1-5H3/t16-,17+,18-,19-,20+,21+,22+,23+,24+,26-,27+/m0/s1. The maximum absolute atomic E-state index is 11.6. The predicted molar refractivity (Wildman–Crippen MR) is 123 cm³/mol. The third-order valence-corrected chi connectivity index (χ3v) is 11.0. The molecule has 0 aromatic heterocycles. The Hall–Kier alpha value is -0.160. The van der Waals surface area contributed by atoms with Crippen molar-refractivity contribution in [1.29, 1.82) is 0 Å². The van der Waals surface area contributed by atoms with E-state index in [1.54, 1.807) is 0 Å². The van der Waals surface area contributed by atoms with Crippen molar-refractivity contribution in [2.45, 2.75) is 123 Å². The molecule has 180 valence electrons. The molecule has 4 rings (SSSR count). The Morgan fingerprint density at radius 2 is 1.68 bits per heavy atom. The first-order chi connectivity index (χ1) is 14.4. The van der Waals surface area contributed by atoms with E-state index in [0.29, 0.717) is 35.5 Å². The van der Waals surface area contributed by atoms with Gasteiger partial charge in [-0.1, -0.05) is 33.6 Å². The van der Waals surface area contributed by atoms with Crippen LogP contribution < -0.4 is 0 Å². The van der Waals surface area contributed by atoms with Crippen LogP contribution in [0.15, 0.2) is 0 Å². The lowest BCUT2D eigenvalue weighted by atomic mass is 9.43. The van der Waals surface area contributed by atoms with E-state index < -0.39 is 5.60 Å². The van der Waals surface area contributed by atoms with Crippen molar-refractivity contribution in [3.05, 3.63) is 0 Å². The van der Waals surface area contributed by atoms with Crippen LogP contribution in [0, 0.1) is 46.3 Å². The number of hydrogen-bond donors (Lipinski definition) is 4. The summed E-state index contributed by atoms with van der Waals surface area (Å²) in [4.78, 5) is 0. The topological polar surface area (TPSA) is 80.9 Å². The van der Waals surface area contributed by atoms with Gasteiger partial charge in [-0.3, -0.25) is 0 Å². The van der Waals surface area contributed by atoms with E-state index in [0.717, 1.165) is 64.2 Å². The van der Waals surface area contributed by atoms with Crippen molar-refractivity contribution in [3.8, 4) is 0 Å². The first kappa shape index (κ1) is 24.0. The Morgan fingerprint density at radius 3 is 2.35 bits per heavy atom. The van der Waals surface area contributed by atoms with Crippen molar-refractivity contribution in [2.24, 2.45) is 46.3 Å². The quantitative estimate of drug-likeness (QED) is 0.511. The lowest BCUT2D eigenvalue weighted by Gasteiger charge is -2.63. The zero-order chi connectivity index (χ0) is 22.8. The maximum Gasteiger partial charge on any atom is 0.0602 e. The molecule has 0 unspecified atom stereocenters. The lowest BCUT2D eigenvalue weighted by Crippen LogP contribution is -2.62. The van der Waals surface area contributed by atoms with E-state index in [9.17, 15) is 20.4 Å². The highest BCUT2D eigenvalue weighted by atomic mass is 16.3. The number of aliphatic hydroxyl groups is 4. The van der Waals surface area contributed by atoms with Gasteiger partial charge in [-0.25, -0.2) is 0 Å². The largest absolute Gasteiger partial charge is 0.393 e. The molecule has 0 amide bonds. The number of fused-ring (bicyclic) bond motifs is 5. The van der Waals surface area contributed by atoms with Gasteiger partial charge in [0.2, 0.25) is 0 Å². The number of hydrogen-bond acceptors (Lipinski definition) is 4. The van der Waals surface area contributed by atoms with Gasteiger partial charge in [-0.15, -0.1) is 0 Å². The number of aliphatic hydroxyl groups excluding tert-OH is 3. The van der Waals surface area contributed by atoms with Crippen LogP contribution in [-0.4, -0.2) is 44.3 Å². The van der Waals surface area contributed by atoms with Crippen LogP contribution in [0.1, 0.15) is 98.8 Å². The predicted octanol–water partition coefficient (Wildman–Crippen LogP) is 4.53. The lowest BCUT2D eigenvalue weighted by molar-refractivity contribution is -0.207. The Kier molecular flexibility index (Phi) is 6.38. The summed E-state index contributed by atoms with van der Waals surface area (Å²) in [5.41, 5.74) is -0.583.